The van der Waals surface area contributed by atoms with Gasteiger partial charge in [-0.25, -0.2) is 0 Å². The van der Waals surface area contributed by atoms with Crippen LogP contribution in [-0.4, -0.2) is 11.5 Å². The average molecular weight is 269 g/mol. The van der Waals surface area contributed by atoms with E-state index in [-0.39, 0.29) is 10.7 Å². The number of hydrogen-bond donors (Lipinski definition) is 1. The maximum Gasteiger partial charge on any atom is 0.310 e. The number of rotatable bonds is 5. The van der Waals surface area contributed by atoms with Gasteiger partial charge in [0.05, 0.1) is 4.92 Å². The molecule has 98 valence electrons. The average Bonchev–Trinajstić information content (AvgIpc) is 3.06. The van der Waals surface area contributed by atoms with Crippen molar-refractivity contribution in [3.8, 4) is 0 Å². The van der Waals surface area contributed by atoms with Crippen molar-refractivity contribution < 1.29 is 4.92 Å². The van der Waals surface area contributed by atoms with E-state index in [1.54, 1.807) is 18.2 Å². The largest absolute Gasteiger partial charge is 0.379 e. The van der Waals surface area contributed by atoms with E-state index < -0.39 is 4.92 Å². The third kappa shape index (κ3) is 2.43. The fourth-order valence-corrected chi connectivity index (χ4v) is 2.48. The quantitative estimate of drug-likeness (QED) is 0.646. The maximum absolute atomic E-state index is 11.0. The summed E-state index contributed by atoms with van der Waals surface area (Å²) >= 11 is 5.87. The molecule has 1 saturated carbocycles. The summed E-state index contributed by atoms with van der Waals surface area (Å²) in [4.78, 5) is 10.6. The molecule has 0 saturated heterocycles. The molecule has 0 unspecified atom stereocenters. The lowest BCUT2D eigenvalue weighted by atomic mass is 9.92. The van der Waals surface area contributed by atoms with Crippen LogP contribution in [0, 0.1) is 21.4 Å². The van der Waals surface area contributed by atoms with Gasteiger partial charge in [0.1, 0.15) is 10.7 Å². The Morgan fingerprint density at radius 1 is 1.50 bits per heavy atom. The molecule has 1 aliphatic rings. The van der Waals surface area contributed by atoms with Crippen LogP contribution in [0.2, 0.25) is 5.02 Å². The summed E-state index contributed by atoms with van der Waals surface area (Å²) in [6, 6.07) is 4.98. The Kier molecular flexibility index (Phi) is 3.48. The summed E-state index contributed by atoms with van der Waals surface area (Å²) in [5.74, 6) is 0.586. The second kappa shape index (κ2) is 4.76. The van der Waals surface area contributed by atoms with Crippen LogP contribution in [0.4, 0.5) is 11.4 Å². The lowest BCUT2D eigenvalue weighted by Crippen LogP contribution is -2.21. The van der Waals surface area contributed by atoms with E-state index in [1.807, 2.05) is 0 Å². The van der Waals surface area contributed by atoms with Gasteiger partial charge in [0.15, 0.2) is 0 Å². The number of benzene rings is 1. The van der Waals surface area contributed by atoms with Crippen LogP contribution in [0.25, 0.3) is 0 Å². The molecule has 5 heteroatoms. The van der Waals surface area contributed by atoms with Crippen molar-refractivity contribution in [2.45, 2.75) is 26.7 Å². The van der Waals surface area contributed by atoms with Gasteiger partial charge in [-0.05, 0) is 36.3 Å². The van der Waals surface area contributed by atoms with Gasteiger partial charge in [0.25, 0.3) is 0 Å². The fraction of sp³-hybridized carbons (Fsp3) is 0.538. The van der Waals surface area contributed by atoms with Crippen LogP contribution < -0.4 is 5.32 Å². The highest BCUT2D eigenvalue weighted by atomic mass is 35.5. The monoisotopic (exact) mass is 268 g/mol. The summed E-state index contributed by atoms with van der Waals surface area (Å²) in [6.45, 7) is 5.16. The predicted molar refractivity (Wildman–Crippen MR) is 73.1 cm³/mol. The second-order valence-corrected chi connectivity index (χ2v) is 5.67. The van der Waals surface area contributed by atoms with Crippen molar-refractivity contribution in [3.63, 3.8) is 0 Å². The molecule has 2 rings (SSSR count). The van der Waals surface area contributed by atoms with E-state index in [2.05, 4.69) is 19.2 Å². The molecule has 0 heterocycles. The highest BCUT2D eigenvalue weighted by molar-refractivity contribution is 6.33. The SMILES string of the molecule is CC(C)C1(CNc2cccc(Cl)c2[N+](=O)[O-])CC1. The van der Waals surface area contributed by atoms with Crippen molar-refractivity contribution in [1.29, 1.82) is 0 Å². The molecular weight excluding hydrogens is 252 g/mol. The molecule has 0 aromatic heterocycles. The first kappa shape index (κ1) is 13.1. The number of nitro groups is 1. The van der Waals surface area contributed by atoms with E-state index in [1.165, 1.54) is 12.8 Å². The van der Waals surface area contributed by atoms with Crippen LogP contribution >= 0.6 is 11.6 Å². The highest BCUT2D eigenvalue weighted by Crippen LogP contribution is 2.52. The molecule has 4 nitrogen and oxygen atoms in total. The molecule has 1 aromatic carbocycles. The third-order valence-electron chi connectivity index (χ3n) is 3.92. The van der Waals surface area contributed by atoms with Crippen LogP contribution in [0.15, 0.2) is 18.2 Å². The molecule has 1 fully saturated rings. The van der Waals surface area contributed by atoms with Crippen LogP contribution in [0.5, 0.6) is 0 Å². The lowest BCUT2D eigenvalue weighted by Gasteiger charge is -2.20. The number of halogens is 1. The minimum atomic E-state index is -0.431. The van der Waals surface area contributed by atoms with Crippen LogP contribution in [-0.2, 0) is 0 Å². The molecule has 0 radical (unpaired) electrons. The Morgan fingerprint density at radius 2 is 2.17 bits per heavy atom. The molecule has 0 atom stereocenters. The number of para-hydroxylation sites is 1. The molecule has 0 amide bonds. The van der Waals surface area contributed by atoms with Gasteiger partial charge in [0, 0.05) is 6.54 Å². The van der Waals surface area contributed by atoms with Gasteiger partial charge >= 0.3 is 5.69 Å². The minimum Gasteiger partial charge on any atom is -0.379 e. The Bertz CT molecular complexity index is 470. The van der Waals surface area contributed by atoms with E-state index in [9.17, 15) is 10.1 Å². The van der Waals surface area contributed by atoms with Crippen molar-refractivity contribution in [1.82, 2.24) is 0 Å². The Labute approximate surface area is 111 Å². The molecule has 1 aromatic rings. The van der Waals surface area contributed by atoms with Crippen molar-refractivity contribution in [3.05, 3.63) is 33.3 Å². The van der Waals surface area contributed by atoms with Gasteiger partial charge < -0.3 is 5.32 Å². The Morgan fingerprint density at radius 3 is 2.67 bits per heavy atom. The molecule has 18 heavy (non-hydrogen) atoms. The smallest absolute Gasteiger partial charge is 0.310 e. The maximum atomic E-state index is 11.0. The van der Waals surface area contributed by atoms with Crippen molar-refractivity contribution in [2.75, 3.05) is 11.9 Å². The van der Waals surface area contributed by atoms with Gasteiger partial charge in [0.2, 0.25) is 0 Å². The zero-order chi connectivity index (χ0) is 13.3. The van der Waals surface area contributed by atoms with Gasteiger partial charge in [-0.15, -0.1) is 0 Å². The topological polar surface area (TPSA) is 55.2 Å². The standard InChI is InChI=1S/C13H17ClN2O2/c1-9(2)13(6-7-13)8-15-11-5-3-4-10(14)12(11)16(17)18/h3-5,9,15H,6-8H2,1-2H3. The van der Waals surface area contributed by atoms with Gasteiger partial charge in [-0.3, -0.25) is 10.1 Å². The molecule has 0 spiro atoms. The van der Waals surface area contributed by atoms with Gasteiger partial charge in [-0.2, -0.15) is 0 Å². The minimum absolute atomic E-state index is 0.0290. The van der Waals surface area contributed by atoms with E-state index in [0.29, 0.717) is 17.0 Å². The van der Waals surface area contributed by atoms with Crippen LogP contribution in [0.1, 0.15) is 26.7 Å². The molecule has 1 N–H and O–H groups in total. The molecule has 0 bridgehead atoms. The van der Waals surface area contributed by atoms with E-state index >= 15 is 0 Å². The van der Waals surface area contributed by atoms with Crippen molar-refractivity contribution in [2.24, 2.45) is 11.3 Å². The summed E-state index contributed by atoms with van der Waals surface area (Å²) in [7, 11) is 0. The zero-order valence-corrected chi connectivity index (χ0v) is 11.3. The summed E-state index contributed by atoms with van der Waals surface area (Å²) < 4.78 is 0. The summed E-state index contributed by atoms with van der Waals surface area (Å²) in [5.41, 5.74) is 0.786. The number of nitrogens with one attached hydrogen (secondary N) is 1. The molecular formula is C13H17ClN2O2. The first-order chi connectivity index (χ1) is 8.46. The summed E-state index contributed by atoms with van der Waals surface area (Å²) in [5, 5.41) is 14.4. The first-order valence-electron chi connectivity index (χ1n) is 6.13. The van der Waals surface area contributed by atoms with Crippen molar-refractivity contribution >= 4 is 23.0 Å². The number of nitro benzene ring substituents is 1. The fourth-order valence-electron chi connectivity index (χ4n) is 2.23. The Balaban J connectivity index is 2.15. The second-order valence-electron chi connectivity index (χ2n) is 5.26. The normalized spacial score (nSPS) is 16.7. The van der Waals surface area contributed by atoms with Gasteiger partial charge in [-0.1, -0.05) is 31.5 Å². The zero-order valence-electron chi connectivity index (χ0n) is 10.6. The number of hydrogen-bond acceptors (Lipinski definition) is 3. The van der Waals surface area contributed by atoms with E-state index in [4.69, 9.17) is 11.6 Å². The molecule has 1 aliphatic carbocycles. The first-order valence-corrected chi connectivity index (χ1v) is 6.51. The predicted octanol–water partition coefficient (Wildman–Crippen LogP) is 4.10. The van der Waals surface area contributed by atoms with E-state index in [0.717, 1.165) is 6.54 Å². The Hall–Kier alpha value is -1.29. The number of nitrogens with zero attached hydrogens (tertiary/aromatic N) is 1. The lowest BCUT2D eigenvalue weighted by molar-refractivity contribution is -0.383. The molecule has 0 aliphatic heterocycles. The summed E-state index contributed by atoms with van der Waals surface area (Å²) in [6.07, 6.45) is 2.37. The highest BCUT2D eigenvalue weighted by Gasteiger charge is 2.45. The third-order valence-corrected chi connectivity index (χ3v) is 4.22. The number of anilines is 1. The van der Waals surface area contributed by atoms with Crippen LogP contribution in [0.3, 0.4) is 0 Å².